The van der Waals surface area contributed by atoms with Gasteiger partial charge in [-0.3, -0.25) is 4.79 Å². The van der Waals surface area contributed by atoms with E-state index >= 15 is 0 Å². The van der Waals surface area contributed by atoms with Gasteiger partial charge in [0.1, 0.15) is 0 Å². The Morgan fingerprint density at radius 1 is 1.47 bits per heavy atom. The fourth-order valence-corrected chi connectivity index (χ4v) is 2.17. The van der Waals surface area contributed by atoms with Crippen LogP contribution in [-0.2, 0) is 17.6 Å². The van der Waals surface area contributed by atoms with Gasteiger partial charge in [0.2, 0.25) is 5.91 Å². The molecule has 2 N–H and O–H groups in total. The predicted octanol–water partition coefficient (Wildman–Crippen LogP) is 0.793. The average Bonchev–Trinajstić information content (AvgIpc) is 2.94. The first kappa shape index (κ1) is 8.95. The van der Waals surface area contributed by atoms with Crippen molar-refractivity contribution in [3.63, 3.8) is 0 Å². The van der Waals surface area contributed by atoms with Crippen LogP contribution in [0.4, 0.5) is 0 Å². The molecule has 1 unspecified atom stereocenters. The molecule has 0 bridgehead atoms. The zero-order chi connectivity index (χ0) is 10.3. The summed E-state index contributed by atoms with van der Waals surface area (Å²) in [5.41, 5.74) is 2.29. The number of rotatable bonds is 2. The first-order valence-corrected chi connectivity index (χ1v) is 5.64. The summed E-state index contributed by atoms with van der Waals surface area (Å²) >= 11 is 0. The number of fused-ring (bicyclic) bond motifs is 1. The number of amides is 1. The third-order valence-corrected chi connectivity index (χ3v) is 3.28. The van der Waals surface area contributed by atoms with Gasteiger partial charge in [0.25, 0.3) is 0 Å². The lowest BCUT2D eigenvalue weighted by Crippen LogP contribution is -2.35. The number of carbonyl (C=O) groups is 1. The second-order valence-corrected chi connectivity index (χ2v) is 4.55. The number of hydrogen-bond acceptors (Lipinski definition) is 2. The molecule has 1 amide bonds. The SMILES string of the molecule is O=C(NC1CC1)C1CCc2nc[nH]c2C1. The Morgan fingerprint density at radius 3 is 3.13 bits per heavy atom. The van der Waals surface area contributed by atoms with Gasteiger partial charge in [-0.05, 0) is 25.7 Å². The fourth-order valence-electron chi connectivity index (χ4n) is 2.17. The van der Waals surface area contributed by atoms with Crippen molar-refractivity contribution < 1.29 is 4.79 Å². The van der Waals surface area contributed by atoms with Crippen LogP contribution in [0.3, 0.4) is 0 Å². The highest BCUT2D eigenvalue weighted by Gasteiger charge is 2.30. The van der Waals surface area contributed by atoms with E-state index in [2.05, 4.69) is 15.3 Å². The highest BCUT2D eigenvalue weighted by molar-refractivity contribution is 5.79. The van der Waals surface area contributed by atoms with Crippen LogP contribution >= 0.6 is 0 Å². The fraction of sp³-hybridized carbons (Fsp3) is 0.636. The minimum absolute atomic E-state index is 0.151. The predicted molar refractivity (Wildman–Crippen MR) is 55.3 cm³/mol. The largest absolute Gasteiger partial charge is 0.353 e. The Kier molecular flexibility index (Phi) is 2.01. The molecule has 15 heavy (non-hydrogen) atoms. The van der Waals surface area contributed by atoms with E-state index < -0.39 is 0 Å². The molecule has 1 aromatic rings. The van der Waals surface area contributed by atoms with Crippen LogP contribution in [0.2, 0.25) is 0 Å². The standard InChI is InChI=1S/C11H15N3O/c15-11(14-8-2-3-8)7-1-4-9-10(5-7)13-6-12-9/h6-8H,1-5H2,(H,12,13)(H,14,15). The van der Waals surface area contributed by atoms with Gasteiger partial charge in [0, 0.05) is 24.1 Å². The van der Waals surface area contributed by atoms with E-state index in [4.69, 9.17) is 0 Å². The first-order valence-electron chi connectivity index (χ1n) is 5.64. The van der Waals surface area contributed by atoms with Crippen LogP contribution in [0.1, 0.15) is 30.7 Å². The van der Waals surface area contributed by atoms with Crippen molar-refractivity contribution in [1.29, 1.82) is 0 Å². The Labute approximate surface area is 88.5 Å². The summed E-state index contributed by atoms with van der Waals surface area (Å²) in [4.78, 5) is 19.2. The van der Waals surface area contributed by atoms with E-state index in [1.54, 1.807) is 6.33 Å². The Balaban J connectivity index is 1.66. The summed E-state index contributed by atoms with van der Waals surface area (Å²) < 4.78 is 0. The molecule has 2 aliphatic carbocycles. The summed E-state index contributed by atoms with van der Waals surface area (Å²) in [6, 6.07) is 0.473. The number of aromatic amines is 1. The lowest BCUT2D eigenvalue weighted by Gasteiger charge is -2.20. The molecule has 1 saturated carbocycles. The highest BCUT2D eigenvalue weighted by Crippen LogP contribution is 2.25. The minimum Gasteiger partial charge on any atom is -0.353 e. The van der Waals surface area contributed by atoms with Crippen LogP contribution in [0.15, 0.2) is 6.33 Å². The third-order valence-electron chi connectivity index (χ3n) is 3.28. The number of imidazole rings is 1. The number of H-pyrrole nitrogens is 1. The van der Waals surface area contributed by atoms with Gasteiger partial charge in [-0.25, -0.2) is 4.98 Å². The minimum atomic E-state index is 0.151. The molecule has 1 fully saturated rings. The molecule has 0 saturated heterocycles. The maximum absolute atomic E-state index is 11.8. The maximum atomic E-state index is 11.8. The number of nitrogens with one attached hydrogen (secondary N) is 2. The van der Waals surface area contributed by atoms with E-state index in [1.165, 1.54) is 0 Å². The van der Waals surface area contributed by atoms with Gasteiger partial charge in [-0.2, -0.15) is 0 Å². The average molecular weight is 205 g/mol. The number of hydrogen-bond donors (Lipinski definition) is 2. The van der Waals surface area contributed by atoms with Gasteiger partial charge in [0.05, 0.1) is 12.0 Å². The molecule has 3 rings (SSSR count). The van der Waals surface area contributed by atoms with Crippen LogP contribution in [0.5, 0.6) is 0 Å². The molecular weight excluding hydrogens is 190 g/mol. The monoisotopic (exact) mass is 205 g/mol. The zero-order valence-electron chi connectivity index (χ0n) is 8.62. The molecule has 4 heteroatoms. The number of aryl methyl sites for hydroxylation is 1. The molecule has 0 spiro atoms. The highest BCUT2D eigenvalue weighted by atomic mass is 16.2. The quantitative estimate of drug-likeness (QED) is 0.750. The molecule has 4 nitrogen and oxygen atoms in total. The van der Waals surface area contributed by atoms with Crippen molar-refractivity contribution >= 4 is 5.91 Å². The summed E-state index contributed by atoms with van der Waals surface area (Å²) in [5.74, 6) is 0.385. The number of nitrogens with zero attached hydrogens (tertiary/aromatic N) is 1. The van der Waals surface area contributed by atoms with E-state index in [1.807, 2.05) is 0 Å². The second kappa shape index (κ2) is 3.36. The van der Waals surface area contributed by atoms with Gasteiger partial charge in [-0.15, -0.1) is 0 Å². The van der Waals surface area contributed by atoms with Gasteiger partial charge < -0.3 is 10.3 Å². The Hall–Kier alpha value is -1.32. The van der Waals surface area contributed by atoms with Crippen molar-refractivity contribution in [3.05, 3.63) is 17.7 Å². The molecule has 1 heterocycles. The molecule has 1 aromatic heterocycles. The van der Waals surface area contributed by atoms with E-state index in [0.717, 1.165) is 43.5 Å². The molecule has 2 aliphatic rings. The van der Waals surface area contributed by atoms with Gasteiger partial charge in [0.15, 0.2) is 0 Å². The van der Waals surface area contributed by atoms with Crippen LogP contribution < -0.4 is 5.32 Å². The van der Waals surface area contributed by atoms with Gasteiger partial charge >= 0.3 is 0 Å². The van der Waals surface area contributed by atoms with Crippen LogP contribution in [0.25, 0.3) is 0 Å². The molecule has 1 atom stereocenters. The van der Waals surface area contributed by atoms with Crippen molar-refractivity contribution in [2.75, 3.05) is 0 Å². The summed E-state index contributed by atoms with van der Waals surface area (Å²) in [5, 5.41) is 3.07. The summed E-state index contributed by atoms with van der Waals surface area (Å²) in [7, 11) is 0. The Morgan fingerprint density at radius 2 is 2.33 bits per heavy atom. The van der Waals surface area contributed by atoms with Crippen LogP contribution in [0, 0.1) is 5.92 Å². The zero-order valence-corrected chi connectivity index (χ0v) is 8.62. The number of aromatic nitrogens is 2. The van der Waals surface area contributed by atoms with Crippen molar-refractivity contribution in [3.8, 4) is 0 Å². The Bertz CT molecular complexity index is 381. The van der Waals surface area contributed by atoms with Crippen LogP contribution in [-0.4, -0.2) is 21.9 Å². The van der Waals surface area contributed by atoms with Crippen molar-refractivity contribution in [2.45, 2.75) is 38.1 Å². The summed E-state index contributed by atoms with van der Waals surface area (Å²) in [6.45, 7) is 0. The van der Waals surface area contributed by atoms with Gasteiger partial charge in [-0.1, -0.05) is 0 Å². The third kappa shape index (κ3) is 1.76. The normalized spacial score (nSPS) is 24.7. The molecule has 0 aliphatic heterocycles. The number of carbonyl (C=O) groups excluding carboxylic acids is 1. The smallest absolute Gasteiger partial charge is 0.223 e. The van der Waals surface area contributed by atoms with E-state index in [9.17, 15) is 4.79 Å². The van der Waals surface area contributed by atoms with E-state index in [-0.39, 0.29) is 11.8 Å². The lowest BCUT2D eigenvalue weighted by atomic mass is 9.89. The molecule has 0 radical (unpaired) electrons. The maximum Gasteiger partial charge on any atom is 0.223 e. The molecular formula is C11H15N3O. The topological polar surface area (TPSA) is 57.8 Å². The van der Waals surface area contributed by atoms with Crippen molar-refractivity contribution in [2.24, 2.45) is 5.92 Å². The van der Waals surface area contributed by atoms with E-state index in [0.29, 0.717) is 6.04 Å². The lowest BCUT2D eigenvalue weighted by molar-refractivity contribution is -0.125. The second-order valence-electron chi connectivity index (χ2n) is 4.55. The van der Waals surface area contributed by atoms with Crippen molar-refractivity contribution in [1.82, 2.24) is 15.3 Å². The first-order chi connectivity index (χ1) is 7.33. The molecule has 80 valence electrons. The molecule has 0 aromatic carbocycles. The summed E-state index contributed by atoms with van der Waals surface area (Å²) in [6.07, 6.45) is 6.75.